The molecule has 1 N–H and O–H groups in total. The van der Waals surface area contributed by atoms with Crippen LogP contribution in [0.25, 0.3) is 0 Å². The normalized spacial score (nSPS) is 15.4. The lowest BCUT2D eigenvalue weighted by atomic mass is 9.91. The van der Waals surface area contributed by atoms with Crippen LogP contribution in [-0.2, 0) is 12.0 Å². The van der Waals surface area contributed by atoms with Gasteiger partial charge >= 0.3 is 6.61 Å². The quantitative estimate of drug-likeness (QED) is 0.446. The molecular weight excluding hydrogens is 434 g/mol. The van der Waals surface area contributed by atoms with Crippen molar-refractivity contribution >= 4 is 11.3 Å². The minimum absolute atomic E-state index is 0.0206. The second-order valence-electron chi connectivity index (χ2n) is 8.50. The summed E-state index contributed by atoms with van der Waals surface area (Å²) in [7, 11) is 0. The van der Waals surface area contributed by atoms with E-state index in [1.807, 2.05) is 18.3 Å². The SMILES string of the molecule is CC(C)(O)c1ncc(C(Cc2cccnc2)c2ccc(OC(F)F)c(OC3CCC3)c2)s1. The molecule has 1 aliphatic carbocycles. The number of hydrogen-bond acceptors (Lipinski definition) is 6. The molecule has 1 unspecified atom stereocenters. The van der Waals surface area contributed by atoms with E-state index in [-0.39, 0.29) is 17.8 Å². The van der Waals surface area contributed by atoms with Gasteiger partial charge in [-0.1, -0.05) is 12.1 Å². The number of halogens is 2. The van der Waals surface area contributed by atoms with E-state index in [0.717, 1.165) is 35.3 Å². The summed E-state index contributed by atoms with van der Waals surface area (Å²) in [5.41, 5.74) is 0.885. The van der Waals surface area contributed by atoms with Gasteiger partial charge in [-0.2, -0.15) is 8.78 Å². The van der Waals surface area contributed by atoms with Crippen molar-refractivity contribution in [3.63, 3.8) is 0 Å². The number of aromatic nitrogens is 2. The average molecular weight is 461 g/mol. The maximum atomic E-state index is 12.9. The summed E-state index contributed by atoms with van der Waals surface area (Å²) in [6, 6.07) is 9.00. The lowest BCUT2D eigenvalue weighted by molar-refractivity contribution is -0.0527. The molecule has 0 bridgehead atoms. The predicted molar refractivity (Wildman–Crippen MR) is 118 cm³/mol. The molecule has 0 spiro atoms. The number of pyridine rings is 1. The van der Waals surface area contributed by atoms with Crippen molar-refractivity contribution < 1.29 is 23.4 Å². The van der Waals surface area contributed by atoms with Crippen LogP contribution in [0.4, 0.5) is 8.78 Å². The number of nitrogens with zero attached hydrogens (tertiary/aromatic N) is 2. The van der Waals surface area contributed by atoms with Crippen molar-refractivity contribution in [2.24, 2.45) is 0 Å². The monoisotopic (exact) mass is 460 g/mol. The van der Waals surface area contributed by atoms with Crippen molar-refractivity contribution in [2.45, 2.75) is 63.8 Å². The molecule has 2 aromatic heterocycles. The number of benzene rings is 1. The van der Waals surface area contributed by atoms with Gasteiger partial charge in [0.1, 0.15) is 10.6 Å². The van der Waals surface area contributed by atoms with E-state index >= 15 is 0 Å². The molecule has 1 atom stereocenters. The van der Waals surface area contributed by atoms with E-state index < -0.39 is 12.2 Å². The first-order chi connectivity index (χ1) is 15.3. The minimum atomic E-state index is -2.92. The number of alkyl halides is 2. The van der Waals surface area contributed by atoms with Crippen LogP contribution >= 0.6 is 11.3 Å². The Kier molecular flexibility index (Phi) is 6.71. The van der Waals surface area contributed by atoms with Crippen molar-refractivity contribution in [1.82, 2.24) is 9.97 Å². The van der Waals surface area contributed by atoms with E-state index in [1.165, 1.54) is 11.3 Å². The van der Waals surface area contributed by atoms with Crippen LogP contribution in [0.3, 0.4) is 0 Å². The van der Waals surface area contributed by atoms with Gasteiger partial charge in [0.15, 0.2) is 11.5 Å². The van der Waals surface area contributed by atoms with Gasteiger partial charge in [0, 0.05) is 29.4 Å². The summed E-state index contributed by atoms with van der Waals surface area (Å²) in [6.07, 6.45) is 8.84. The standard InChI is InChI=1S/C24H26F2N2O3S/c1-24(2,29)22-28-14-21(32-22)18(11-15-5-4-10-27-13-15)16-8-9-19(31-23(25)26)20(12-16)30-17-6-3-7-17/h4-5,8-10,12-14,17-18,23,29H,3,6-7,11H2,1-2H3. The van der Waals surface area contributed by atoms with Gasteiger partial charge < -0.3 is 14.6 Å². The van der Waals surface area contributed by atoms with E-state index in [9.17, 15) is 13.9 Å². The summed E-state index contributed by atoms with van der Waals surface area (Å²) < 4.78 is 36.6. The maximum absolute atomic E-state index is 12.9. The van der Waals surface area contributed by atoms with Gasteiger partial charge in [0.25, 0.3) is 0 Å². The molecule has 0 aliphatic heterocycles. The van der Waals surface area contributed by atoms with Gasteiger partial charge in [0.2, 0.25) is 0 Å². The maximum Gasteiger partial charge on any atom is 0.387 e. The van der Waals surface area contributed by atoms with Gasteiger partial charge in [-0.15, -0.1) is 11.3 Å². The fraction of sp³-hybridized carbons (Fsp3) is 0.417. The van der Waals surface area contributed by atoms with Crippen molar-refractivity contribution in [3.05, 3.63) is 69.9 Å². The third kappa shape index (κ3) is 5.42. The molecule has 1 aromatic carbocycles. The van der Waals surface area contributed by atoms with Crippen molar-refractivity contribution in [3.8, 4) is 11.5 Å². The van der Waals surface area contributed by atoms with Gasteiger partial charge in [-0.25, -0.2) is 4.98 Å². The number of ether oxygens (including phenoxy) is 2. The Morgan fingerprint density at radius 2 is 2.00 bits per heavy atom. The first kappa shape index (κ1) is 22.6. The molecule has 3 aromatic rings. The highest BCUT2D eigenvalue weighted by Gasteiger charge is 2.27. The smallest absolute Gasteiger partial charge is 0.387 e. The van der Waals surface area contributed by atoms with Crippen LogP contribution in [0.1, 0.15) is 60.0 Å². The first-order valence-electron chi connectivity index (χ1n) is 10.6. The minimum Gasteiger partial charge on any atom is -0.487 e. The summed E-state index contributed by atoms with van der Waals surface area (Å²) in [5, 5.41) is 11.0. The Hall–Kier alpha value is -2.58. The second-order valence-corrected chi connectivity index (χ2v) is 9.56. The van der Waals surface area contributed by atoms with E-state index in [4.69, 9.17) is 9.47 Å². The molecule has 4 rings (SSSR count). The first-order valence-corrected chi connectivity index (χ1v) is 11.4. The molecule has 1 aliphatic rings. The summed E-state index contributed by atoms with van der Waals surface area (Å²) in [4.78, 5) is 9.60. The number of thiazole rings is 1. The molecule has 5 nitrogen and oxygen atoms in total. The topological polar surface area (TPSA) is 64.5 Å². The van der Waals surface area contributed by atoms with E-state index in [0.29, 0.717) is 17.2 Å². The molecular formula is C24H26F2N2O3S. The predicted octanol–water partition coefficient (Wildman–Crippen LogP) is 5.67. The number of rotatable bonds is 9. The zero-order valence-corrected chi connectivity index (χ0v) is 18.8. The molecule has 2 heterocycles. The van der Waals surface area contributed by atoms with Crippen LogP contribution in [-0.4, -0.2) is 27.8 Å². The fourth-order valence-corrected chi connectivity index (χ4v) is 4.61. The molecule has 0 saturated heterocycles. The highest BCUT2D eigenvalue weighted by molar-refractivity contribution is 7.11. The Balaban J connectivity index is 1.72. The molecule has 32 heavy (non-hydrogen) atoms. The third-order valence-corrected chi connectivity index (χ3v) is 6.91. The fourth-order valence-electron chi connectivity index (χ4n) is 3.56. The Bertz CT molecular complexity index is 1030. The van der Waals surface area contributed by atoms with Gasteiger partial charge in [0.05, 0.1) is 6.10 Å². The highest BCUT2D eigenvalue weighted by Crippen LogP contribution is 2.40. The zero-order valence-electron chi connectivity index (χ0n) is 18.0. The van der Waals surface area contributed by atoms with Gasteiger partial charge in [-0.3, -0.25) is 4.98 Å². The molecule has 170 valence electrons. The molecule has 1 saturated carbocycles. The molecule has 0 radical (unpaired) electrons. The van der Waals surface area contributed by atoms with E-state index in [1.54, 1.807) is 44.4 Å². The highest BCUT2D eigenvalue weighted by atomic mass is 32.1. The largest absolute Gasteiger partial charge is 0.487 e. The van der Waals surface area contributed by atoms with Gasteiger partial charge in [-0.05, 0) is 68.9 Å². The Morgan fingerprint density at radius 1 is 1.19 bits per heavy atom. The number of hydrogen-bond donors (Lipinski definition) is 1. The number of aliphatic hydroxyl groups is 1. The summed E-state index contributed by atoms with van der Waals surface area (Å²) in [5.74, 6) is 0.255. The van der Waals surface area contributed by atoms with Crippen LogP contribution in [0.2, 0.25) is 0 Å². The lowest BCUT2D eigenvalue weighted by Crippen LogP contribution is -2.25. The average Bonchev–Trinajstić information content (AvgIpc) is 3.21. The van der Waals surface area contributed by atoms with Crippen LogP contribution in [0.15, 0.2) is 48.9 Å². The van der Waals surface area contributed by atoms with Crippen LogP contribution in [0.5, 0.6) is 11.5 Å². The van der Waals surface area contributed by atoms with Crippen molar-refractivity contribution in [1.29, 1.82) is 0 Å². The van der Waals surface area contributed by atoms with Crippen molar-refractivity contribution in [2.75, 3.05) is 0 Å². The summed E-state index contributed by atoms with van der Waals surface area (Å²) in [6.45, 7) is 0.478. The third-order valence-electron chi connectivity index (χ3n) is 5.49. The Labute approximate surface area is 190 Å². The Morgan fingerprint density at radius 3 is 2.59 bits per heavy atom. The zero-order chi connectivity index (χ0) is 22.7. The van der Waals surface area contributed by atoms with Crippen LogP contribution < -0.4 is 9.47 Å². The lowest BCUT2D eigenvalue weighted by Gasteiger charge is -2.28. The van der Waals surface area contributed by atoms with E-state index in [2.05, 4.69) is 9.97 Å². The molecule has 8 heteroatoms. The molecule has 1 fully saturated rings. The molecule has 0 amide bonds. The summed E-state index contributed by atoms with van der Waals surface area (Å²) >= 11 is 1.44. The second kappa shape index (κ2) is 9.50. The van der Waals surface area contributed by atoms with Crippen LogP contribution in [0, 0.1) is 0 Å².